The van der Waals surface area contributed by atoms with E-state index in [1.807, 2.05) is 30.4 Å². The van der Waals surface area contributed by atoms with Crippen LogP contribution in [0.25, 0.3) is 0 Å². The first-order valence-corrected chi connectivity index (χ1v) is 7.82. The number of hydrogen-bond acceptors (Lipinski definition) is 1. The molecule has 0 aliphatic rings. The molecule has 0 amide bonds. The smallest absolute Gasteiger partial charge is 0.118 e. The van der Waals surface area contributed by atoms with E-state index in [9.17, 15) is 0 Å². The van der Waals surface area contributed by atoms with E-state index in [0.717, 1.165) is 5.75 Å². The van der Waals surface area contributed by atoms with Gasteiger partial charge in [-0.1, -0.05) is 73.3 Å². The lowest BCUT2D eigenvalue weighted by atomic mass is 9.70. The zero-order chi connectivity index (χ0) is 16.7. The van der Waals surface area contributed by atoms with E-state index in [1.54, 1.807) is 7.11 Å². The highest BCUT2D eigenvalue weighted by Gasteiger charge is 2.31. The minimum atomic E-state index is -0.234. The maximum Gasteiger partial charge on any atom is 0.118 e. The van der Waals surface area contributed by atoms with Crippen LogP contribution in [0.5, 0.6) is 5.75 Å². The van der Waals surface area contributed by atoms with Crippen LogP contribution in [-0.4, -0.2) is 7.11 Å². The van der Waals surface area contributed by atoms with Gasteiger partial charge in [0.25, 0.3) is 0 Å². The first kappa shape index (κ1) is 16.8. The van der Waals surface area contributed by atoms with Gasteiger partial charge in [-0.05, 0) is 42.7 Å². The molecule has 0 saturated heterocycles. The summed E-state index contributed by atoms with van der Waals surface area (Å²) in [5.74, 6) is 0.868. The Balaban J connectivity index is 2.63. The van der Waals surface area contributed by atoms with Gasteiger partial charge in [-0.2, -0.15) is 0 Å². The van der Waals surface area contributed by atoms with Crippen molar-refractivity contribution in [2.24, 2.45) is 0 Å². The minimum Gasteiger partial charge on any atom is -0.497 e. The molecule has 0 fully saturated rings. The molecule has 0 radical (unpaired) electrons. The van der Waals surface area contributed by atoms with Crippen LogP contribution in [0.2, 0.25) is 0 Å². The molecular weight excluding hydrogens is 280 g/mol. The maximum absolute atomic E-state index is 5.30. The maximum atomic E-state index is 5.30. The van der Waals surface area contributed by atoms with Crippen LogP contribution in [0.1, 0.15) is 25.0 Å². The largest absolute Gasteiger partial charge is 0.497 e. The Kier molecular flexibility index (Phi) is 5.59. The summed E-state index contributed by atoms with van der Waals surface area (Å²) in [7, 11) is 1.69. The molecule has 118 valence electrons. The average Bonchev–Trinajstić information content (AvgIpc) is 2.62. The van der Waals surface area contributed by atoms with E-state index < -0.39 is 0 Å². The van der Waals surface area contributed by atoms with Crippen LogP contribution in [0.15, 0.2) is 91.1 Å². The zero-order valence-electron chi connectivity index (χ0n) is 14.1. The summed E-state index contributed by atoms with van der Waals surface area (Å²) in [5.41, 5.74) is 3.48. The van der Waals surface area contributed by atoms with Crippen molar-refractivity contribution in [2.45, 2.75) is 19.3 Å². The summed E-state index contributed by atoms with van der Waals surface area (Å²) in [6.45, 7) is 8.12. The molecule has 1 nitrogen and oxygen atoms in total. The molecule has 0 saturated carbocycles. The number of ether oxygens (including phenoxy) is 1. The number of hydrogen-bond donors (Lipinski definition) is 0. The van der Waals surface area contributed by atoms with E-state index in [-0.39, 0.29) is 5.41 Å². The highest BCUT2D eigenvalue weighted by molar-refractivity contribution is 5.52. The van der Waals surface area contributed by atoms with Crippen molar-refractivity contribution in [1.29, 1.82) is 0 Å². The second kappa shape index (κ2) is 7.64. The quantitative estimate of drug-likeness (QED) is 0.623. The van der Waals surface area contributed by atoms with Crippen molar-refractivity contribution in [3.8, 4) is 5.75 Å². The molecule has 0 heterocycles. The molecular formula is C22H24O. The SMILES string of the molecule is C=C/C=C\C(=C/C)C(C)(c1ccccc1)c1ccc(OC)cc1. The van der Waals surface area contributed by atoms with Crippen LogP contribution in [-0.2, 0) is 5.41 Å². The van der Waals surface area contributed by atoms with Crippen molar-refractivity contribution in [1.82, 2.24) is 0 Å². The summed E-state index contributed by atoms with van der Waals surface area (Å²) in [6.07, 6.45) is 8.09. The third kappa shape index (κ3) is 3.45. The third-order valence-electron chi connectivity index (χ3n) is 4.32. The Bertz CT molecular complexity index is 693. The number of benzene rings is 2. The highest BCUT2D eigenvalue weighted by Crippen LogP contribution is 2.40. The molecule has 0 aliphatic heterocycles. The van der Waals surface area contributed by atoms with E-state index in [2.05, 4.69) is 69.0 Å². The van der Waals surface area contributed by atoms with Gasteiger partial charge < -0.3 is 4.74 Å². The summed E-state index contributed by atoms with van der Waals surface area (Å²) in [5, 5.41) is 0. The lowest BCUT2D eigenvalue weighted by Gasteiger charge is -2.33. The van der Waals surface area contributed by atoms with E-state index in [1.165, 1.54) is 16.7 Å². The Hall–Kier alpha value is -2.54. The third-order valence-corrected chi connectivity index (χ3v) is 4.32. The normalized spacial score (nSPS) is 14.5. The number of rotatable bonds is 6. The van der Waals surface area contributed by atoms with E-state index in [0.29, 0.717) is 0 Å². The molecule has 1 unspecified atom stereocenters. The molecule has 2 aromatic carbocycles. The summed E-state index contributed by atoms with van der Waals surface area (Å²) in [4.78, 5) is 0. The first-order valence-electron chi connectivity index (χ1n) is 7.82. The Morgan fingerprint density at radius 2 is 1.61 bits per heavy atom. The molecule has 0 aromatic heterocycles. The van der Waals surface area contributed by atoms with Crippen molar-refractivity contribution in [2.75, 3.05) is 7.11 Å². The van der Waals surface area contributed by atoms with Crippen LogP contribution in [0.3, 0.4) is 0 Å². The van der Waals surface area contributed by atoms with Gasteiger partial charge in [0, 0.05) is 5.41 Å². The molecule has 1 heteroatoms. The lowest BCUT2D eigenvalue weighted by molar-refractivity contribution is 0.414. The Morgan fingerprint density at radius 1 is 1.00 bits per heavy atom. The van der Waals surface area contributed by atoms with E-state index >= 15 is 0 Å². The van der Waals surface area contributed by atoms with Gasteiger partial charge in [-0.3, -0.25) is 0 Å². The second-order valence-corrected chi connectivity index (χ2v) is 5.56. The van der Waals surface area contributed by atoms with Crippen LogP contribution >= 0.6 is 0 Å². The van der Waals surface area contributed by atoms with Crippen molar-refractivity contribution in [3.63, 3.8) is 0 Å². The van der Waals surface area contributed by atoms with Gasteiger partial charge in [0.05, 0.1) is 7.11 Å². The number of allylic oxidation sites excluding steroid dienone is 5. The predicted molar refractivity (Wildman–Crippen MR) is 99.0 cm³/mol. The second-order valence-electron chi connectivity index (χ2n) is 5.56. The molecule has 1 atom stereocenters. The van der Waals surface area contributed by atoms with Gasteiger partial charge >= 0.3 is 0 Å². The predicted octanol–water partition coefficient (Wildman–Crippen LogP) is 5.69. The average molecular weight is 304 g/mol. The van der Waals surface area contributed by atoms with Crippen molar-refractivity contribution >= 4 is 0 Å². The zero-order valence-corrected chi connectivity index (χ0v) is 14.1. The molecule has 0 spiro atoms. The number of methoxy groups -OCH3 is 1. The molecule has 0 bridgehead atoms. The van der Waals surface area contributed by atoms with Gasteiger partial charge in [-0.25, -0.2) is 0 Å². The van der Waals surface area contributed by atoms with Gasteiger partial charge in [-0.15, -0.1) is 0 Å². The first-order chi connectivity index (χ1) is 11.2. The van der Waals surface area contributed by atoms with Crippen LogP contribution in [0.4, 0.5) is 0 Å². The van der Waals surface area contributed by atoms with Crippen LogP contribution in [0, 0.1) is 0 Å². The van der Waals surface area contributed by atoms with Crippen molar-refractivity contribution in [3.05, 3.63) is 102 Å². The molecule has 23 heavy (non-hydrogen) atoms. The molecule has 2 aromatic rings. The molecule has 2 rings (SSSR count). The summed E-state index contributed by atoms with van der Waals surface area (Å²) >= 11 is 0. The Labute approximate surface area is 139 Å². The highest BCUT2D eigenvalue weighted by atomic mass is 16.5. The van der Waals surface area contributed by atoms with Gasteiger partial charge in [0.15, 0.2) is 0 Å². The molecule has 0 N–H and O–H groups in total. The van der Waals surface area contributed by atoms with Gasteiger partial charge in [0.1, 0.15) is 5.75 Å². The molecule has 0 aliphatic carbocycles. The Morgan fingerprint density at radius 3 is 2.13 bits per heavy atom. The minimum absolute atomic E-state index is 0.234. The fourth-order valence-corrected chi connectivity index (χ4v) is 2.92. The lowest BCUT2D eigenvalue weighted by Crippen LogP contribution is -2.25. The standard InChI is InChI=1S/C22H24O/c1-5-7-11-18(6-2)22(3,19-12-9-8-10-13-19)20-14-16-21(23-4)17-15-20/h5-17H,1H2,2-4H3/b11-7-,18-6+. The summed E-state index contributed by atoms with van der Waals surface area (Å²) in [6, 6.07) is 18.9. The topological polar surface area (TPSA) is 9.23 Å². The van der Waals surface area contributed by atoms with Gasteiger partial charge in [0.2, 0.25) is 0 Å². The summed E-state index contributed by atoms with van der Waals surface area (Å²) < 4.78 is 5.30. The fraction of sp³-hybridized carbons (Fsp3) is 0.182. The van der Waals surface area contributed by atoms with E-state index in [4.69, 9.17) is 4.74 Å². The van der Waals surface area contributed by atoms with Crippen molar-refractivity contribution < 1.29 is 4.74 Å². The monoisotopic (exact) mass is 304 g/mol. The fourth-order valence-electron chi connectivity index (χ4n) is 2.92. The van der Waals surface area contributed by atoms with Crippen LogP contribution < -0.4 is 4.74 Å².